The minimum atomic E-state index is -0.361. The van der Waals surface area contributed by atoms with E-state index in [1.807, 2.05) is 6.26 Å². The average molecular weight is 394 g/mol. The monoisotopic (exact) mass is 394 g/mol. The number of halogens is 1. The number of amides is 2. The number of nitrogens with zero attached hydrogens (tertiary/aromatic N) is 3. The Labute approximate surface area is 161 Å². The lowest BCUT2D eigenvalue weighted by Crippen LogP contribution is -2.39. The van der Waals surface area contributed by atoms with Gasteiger partial charge >= 0.3 is 0 Å². The van der Waals surface area contributed by atoms with Crippen LogP contribution in [0.2, 0.25) is 0 Å². The maximum atomic E-state index is 13.2. The SMILES string of the molecule is COCCCNC(=O)CN(C)C(=O)c1cnc(SC)n1-c1ccc(F)cc1. The molecule has 1 aromatic carbocycles. The molecule has 0 bridgehead atoms. The summed E-state index contributed by atoms with van der Waals surface area (Å²) in [5.41, 5.74) is 0.930. The number of rotatable bonds is 9. The largest absolute Gasteiger partial charge is 0.385 e. The van der Waals surface area contributed by atoms with E-state index in [1.54, 1.807) is 30.9 Å². The summed E-state index contributed by atoms with van der Waals surface area (Å²) in [5.74, 6) is -0.959. The molecule has 2 aromatic rings. The maximum absolute atomic E-state index is 13.2. The van der Waals surface area contributed by atoms with Crippen molar-refractivity contribution in [3.05, 3.63) is 42.0 Å². The molecule has 0 spiro atoms. The summed E-state index contributed by atoms with van der Waals surface area (Å²) in [7, 11) is 3.15. The Morgan fingerprint density at radius 3 is 2.67 bits per heavy atom. The Balaban J connectivity index is 2.12. The van der Waals surface area contributed by atoms with Crippen LogP contribution in [-0.4, -0.2) is 66.4 Å². The van der Waals surface area contributed by atoms with E-state index in [0.29, 0.717) is 36.1 Å². The first-order valence-corrected chi connectivity index (χ1v) is 9.59. The first-order chi connectivity index (χ1) is 13.0. The number of thioether (sulfide) groups is 1. The normalized spacial score (nSPS) is 10.7. The van der Waals surface area contributed by atoms with Crippen molar-refractivity contribution in [1.29, 1.82) is 0 Å². The molecule has 0 atom stereocenters. The molecule has 2 amide bonds. The van der Waals surface area contributed by atoms with Gasteiger partial charge in [-0.1, -0.05) is 11.8 Å². The van der Waals surface area contributed by atoms with E-state index in [4.69, 9.17) is 4.74 Å². The molecule has 7 nitrogen and oxygen atoms in total. The van der Waals surface area contributed by atoms with E-state index in [0.717, 1.165) is 0 Å². The van der Waals surface area contributed by atoms with Crippen LogP contribution >= 0.6 is 11.8 Å². The molecule has 0 saturated heterocycles. The third kappa shape index (κ3) is 5.54. The van der Waals surface area contributed by atoms with Gasteiger partial charge in [-0.2, -0.15) is 0 Å². The summed E-state index contributed by atoms with van der Waals surface area (Å²) < 4.78 is 19.8. The average Bonchev–Trinajstić information content (AvgIpc) is 3.09. The molecule has 146 valence electrons. The molecule has 0 fully saturated rings. The number of likely N-dealkylation sites (N-methyl/N-ethyl adjacent to an activating group) is 1. The van der Waals surface area contributed by atoms with Crippen LogP contribution in [0.4, 0.5) is 4.39 Å². The van der Waals surface area contributed by atoms with Crippen LogP contribution in [-0.2, 0) is 9.53 Å². The van der Waals surface area contributed by atoms with Gasteiger partial charge in [0.25, 0.3) is 5.91 Å². The minimum Gasteiger partial charge on any atom is -0.385 e. The maximum Gasteiger partial charge on any atom is 0.272 e. The van der Waals surface area contributed by atoms with Crippen LogP contribution in [0.25, 0.3) is 5.69 Å². The van der Waals surface area contributed by atoms with Gasteiger partial charge in [0.15, 0.2) is 5.16 Å². The van der Waals surface area contributed by atoms with Crippen LogP contribution in [0.5, 0.6) is 0 Å². The topological polar surface area (TPSA) is 76.5 Å². The molecule has 1 N–H and O–H groups in total. The molecule has 0 aliphatic heterocycles. The number of imidazole rings is 1. The fourth-order valence-electron chi connectivity index (χ4n) is 2.45. The van der Waals surface area contributed by atoms with Gasteiger partial charge < -0.3 is 15.0 Å². The molecule has 2 rings (SSSR count). The number of nitrogens with one attached hydrogen (secondary N) is 1. The fourth-order valence-corrected chi connectivity index (χ4v) is 3.00. The minimum absolute atomic E-state index is 0.0744. The van der Waals surface area contributed by atoms with E-state index < -0.39 is 0 Å². The quantitative estimate of drug-likeness (QED) is 0.520. The molecule has 1 heterocycles. The summed E-state index contributed by atoms with van der Waals surface area (Å²) in [6.45, 7) is 0.969. The molecule has 1 aromatic heterocycles. The molecular formula is C18H23FN4O3S. The number of methoxy groups -OCH3 is 1. The predicted molar refractivity (Wildman–Crippen MR) is 102 cm³/mol. The third-order valence-corrected chi connectivity index (χ3v) is 4.44. The van der Waals surface area contributed by atoms with Crippen molar-refractivity contribution in [2.24, 2.45) is 0 Å². The van der Waals surface area contributed by atoms with Gasteiger partial charge in [-0.05, 0) is 36.9 Å². The zero-order valence-corrected chi connectivity index (χ0v) is 16.4. The number of ether oxygens (including phenoxy) is 1. The summed E-state index contributed by atoms with van der Waals surface area (Å²) in [5, 5.41) is 3.34. The highest BCUT2D eigenvalue weighted by Gasteiger charge is 2.22. The Bertz CT molecular complexity index is 779. The molecule has 0 unspecified atom stereocenters. The summed E-state index contributed by atoms with van der Waals surface area (Å²) in [6.07, 6.45) is 4.01. The number of carbonyl (C=O) groups is 2. The first kappa shape index (κ1) is 20.9. The van der Waals surface area contributed by atoms with Crippen molar-refractivity contribution in [1.82, 2.24) is 19.8 Å². The van der Waals surface area contributed by atoms with Gasteiger partial charge in [-0.25, -0.2) is 9.37 Å². The van der Waals surface area contributed by atoms with Crippen molar-refractivity contribution >= 4 is 23.6 Å². The zero-order valence-electron chi connectivity index (χ0n) is 15.6. The molecular weight excluding hydrogens is 371 g/mol. The number of hydrogen-bond acceptors (Lipinski definition) is 5. The highest BCUT2D eigenvalue weighted by Crippen LogP contribution is 2.22. The van der Waals surface area contributed by atoms with E-state index >= 15 is 0 Å². The lowest BCUT2D eigenvalue weighted by molar-refractivity contribution is -0.121. The van der Waals surface area contributed by atoms with Crippen molar-refractivity contribution in [3.63, 3.8) is 0 Å². The van der Waals surface area contributed by atoms with Gasteiger partial charge in [0.05, 0.1) is 12.7 Å². The van der Waals surface area contributed by atoms with Gasteiger partial charge in [-0.15, -0.1) is 0 Å². The smallest absolute Gasteiger partial charge is 0.272 e. The number of hydrogen-bond donors (Lipinski definition) is 1. The zero-order chi connectivity index (χ0) is 19.8. The lowest BCUT2D eigenvalue weighted by Gasteiger charge is -2.18. The van der Waals surface area contributed by atoms with Crippen molar-refractivity contribution in [2.45, 2.75) is 11.6 Å². The van der Waals surface area contributed by atoms with E-state index in [2.05, 4.69) is 10.3 Å². The molecule has 0 saturated carbocycles. The predicted octanol–water partition coefficient (Wildman–Crippen LogP) is 1.96. The number of benzene rings is 1. The van der Waals surface area contributed by atoms with Gasteiger partial charge in [0, 0.05) is 33.0 Å². The summed E-state index contributed by atoms with van der Waals surface area (Å²) in [4.78, 5) is 30.4. The molecule has 0 radical (unpaired) electrons. The summed E-state index contributed by atoms with van der Waals surface area (Å²) in [6, 6.07) is 5.81. The highest BCUT2D eigenvalue weighted by molar-refractivity contribution is 7.98. The summed E-state index contributed by atoms with van der Waals surface area (Å²) >= 11 is 1.37. The first-order valence-electron chi connectivity index (χ1n) is 8.36. The second-order valence-electron chi connectivity index (χ2n) is 5.80. The number of carbonyl (C=O) groups excluding carboxylic acids is 2. The van der Waals surface area contributed by atoms with E-state index in [9.17, 15) is 14.0 Å². The van der Waals surface area contributed by atoms with Gasteiger partial charge in [0.2, 0.25) is 5.91 Å². The fraction of sp³-hybridized carbons (Fsp3) is 0.389. The lowest BCUT2D eigenvalue weighted by atomic mass is 10.3. The van der Waals surface area contributed by atoms with E-state index in [1.165, 1.54) is 35.0 Å². The van der Waals surface area contributed by atoms with Crippen LogP contribution in [0.3, 0.4) is 0 Å². The molecule has 0 aliphatic carbocycles. The van der Waals surface area contributed by atoms with Gasteiger partial charge in [0.1, 0.15) is 11.5 Å². The van der Waals surface area contributed by atoms with Crippen LogP contribution in [0.15, 0.2) is 35.6 Å². The highest BCUT2D eigenvalue weighted by atomic mass is 32.2. The Hall–Kier alpha value is -2.39. The van der Waals surface area contributed by atoms with E-state index in [-0.39, 0.29) is 24.2 Å². The third-order valence-electron chi connectivity index (χ3n) is 3.79. The van der Waals surface area contributed by atoms with Gasteiger partial charge in [-0.3, -0.25) is 14.2 Å². The molecule has 27 heavy (non-hydrogen) atoms. The molecule has 9 heteroatoms. The Morgan fingerprint density at radius 1 is 1.33 bits per heavy atom. The molecule has 0 aliphatic rings. The van der Waals surface area contributed by atoms with Crippen LogP contribution in [0, 0.1) is 5.82 Å². The second-order valence-corrected chi connectivity index (χ2v) is 6.57. The van der Waals surface area contributed by atoms with Crippen molar-refractivity contribution in [2.75, 3.05) is 40.1 Å². The standard InChI is InChI=1S/C18H23FN4O3S/c1-22(12-16(24)20-9-4-10-26-2)17(25)15-11-21-18(27-3)23(15)14-7-5-13(19)6-8-14/h5-8,11H,4,9-10,12H2,1-3H3,(H,20,24). The van der Waals surface area contributed by atoms with Crippen molar-refractivity contribution < 1.29 is 18.7 Å². The van der Waals surface area contributed by atoms with Crippen molar-refractivity contribution in [3.8, 4) is 5.69 Å². The Morgan fingerprint density at radius 2 is 2.04 bits per heavy atom. The van der Waals surface area contributed by atoms with Crippen LogP contribution < -0.4 is 5.32 Å². The second kappa shape index (κ2) is 10.1. The number of aromatic nitrogens is 2. The Kier molecular flexibility index (Phi) is 7.81. The van der Waals surface area contributed by atoms with Crippen LogP contribution in [0.1, 0.15) is 16.9 Å².